The predicted octanol–water partition coefficient (Wildman–Crippen LogP) is 6.93. The number of hydrogen-bond donors (Lipinski definition) is 1. The van der Waals surface area contributed by atoms with Crippen molar-refractivity contribution in [3.05, 3.63) is 89.2 Å². The zero-order valence-electron chi connectivity index (χ0n) is 21.4. The van der Waals surface area contributed by atoms with Crippen LogP contribution in [-0.2, 0) is 6.42 Å². The number of benzene rings is 2. The number of carboxylic acids is 1. The van der Waals surface area contributed by atoms with Gasteiger partial charge < -0.3 is 10.0 Å². The van der Waals surface area contributed by atoms with Crippen LogP contribution in [0.5, 0.6) is 0 Å². The van der Waals surface area contributed by atoms with Gasteiger partial charge in [0.05, 0.1) is 5.52 Å². The third kappa shape index (κ3) is 5.61. The molecule has 1 aliphatic heterocycles. The van der Waals surface area contributed by atoms with E-state index in [1.165, 1.54) is 35.9 Å². The van der Waals surface area contributed by atoms with Gasteiger partial charge in [-0.05, 0) is 117 Å². The number of fused-ring (bicyclic) bond motifs is 1. The number of aromatic carboxylic acids is 1. The van der Waals surface area contributed by atoms with Gasteiger partial charge in [0.2, 0.25) is 0 Å². The van der Waals surface area contributed by atoms with Crippen molar-refractivity contribution in [3.63, 3.8) is 0 Å². The minimum Gasteiger partial charge on any atom is -0.477 e. The summed E-state index contributed by atoms with van der Waals surface area (Å²) in [6.45, 7) is 5.10. The molecule has 5 nitrogen and oxygen atoms in total. The minimum atomic E-state index is -1.09. The number of pyridine rings is 1. The molecule has 1 saturated heterocycles. The van der Waals surface area contributed by atoms with Crippen LogP contribution in [0, 0.1) is 11.6 Å². The molecule has 0 aliphatic carbocycles. The Balaban J connectivity index is 1.32. The number of thioether (sulfide) groups is 1. The van der Waals surface area contributed by atoms with Gasteiger partial charge in [-0.3, -0.25) is 4.57 Å². The Hall–Kier alpha value is -3.23. The van der Waals surface area contributed by atoms with Crippen molar-refractivity contribution < 1.29 is 18.7 Å². The van der Waals surface area contributed by atoms with Crippen LogP contribution in [0.15, 0.2) is 65.6 Å². The molecule has 0 amide bonds. The molecule has 0 radical (unpaired) electrons. The van der Waals surface area contributed by atoms with Crippen LogP contribution in [0.25, 0.3) is 16.7 Å². The number of halogens is 2. The molecule has 0 saturated carbocycles. The molecule has 1 aliphatic rings. The summed E-state index contributed by atoms with van der Waals surface area (Å²) in [7, 11) is 0. The highest BCUT2D eigenvalue weighted by Gasteiger charge is 2.28. The summed E-state index contributed by atoms with van der Waals surface area (Å²) in [6.07, 6.45) is 3.82. The fourth-order valence-electron chi connectivity index (χ4n) is 5.53. The van der Waals surface area contributed by atoms with Crippen LogP contribution < -0.4 is 0 Å². The smallest absolute Gasteiger partial charge is 0.354 e. The van der Waals surface area contributed by atoms with E-state index in [2.05, 4.69) is 16.8 Å². The van der Waals surface area contributed by atoms with E-state index >= 15 is 0 Å². The Kier molecular flexibility index (Phi) is 8.09. The molecule has 3 heterocycles. The first-order valence-corrected chi connectivity index (χ1v) is 14.1. The molecule has 0 atom stereocenters. The van der Waals surface area contributed by atoms with Crippen molar-refractivity contribution in [3.8, 4) is 5.82 Å². The van der Waals surface area contributed by atoms with Crippen LogP contribution in [-0.4, -0.2) is 50.9 Å². The molecular weight excluding hydrogens is 504 g/mol. The highest BCUT2D eigenvalue weighted by Crippen LogP contribution is 2.39. The maximum absolute atomic E-state index is 14.4. The van der Waals surface area contributed by atoms with E-state index in [1.54, 1.807) is 23.9 Å². The lowest BCUT2D eigenvalue weighted by Gasteiger charge is -2.32. The van der Waals surface area contributed by atoms with Gasteiger partial charge in [-0.1, -0.05) is 13.0 Å². The second-order valence-corrected chi connectivity index (χ2v) is 10.8. The molecular formula is C30H31F2N3O2S. The third-order valence-electron chi connectivity index (χ3n) is 7.29. The average Bonchev–Trinajstić information content (AvgIpc) is 3.25. The summed E-state index contributed by atoms with van der Waals surface area (Å²) < 4.78 is 29.4. The Morgan fingerprint density at radius 2 is 1.79 bits per heavy atom. The zero-order chi connectivity index (χ0) is 26.6. The van der Waals surface area contributed by atoms with E-state index in [4.69, 9.17) is 0 Å². The van der Waals surface area contributed by atoms with E-state index in [0.29, 0.717) is 11.7 Å². The van der Waals surface area contributed by atoms with E-state index in [-0.39, 0.29) is 17.3 Å². The fraction of sp³-hybridized carbons (Fsp3) is 0.333. The molecule has 38 heavy (non-hydrogen) atoms. The average molecular weight is 536 g/mol. The van der Waals surface area contributed by atoms with Crippen molar-refractivity contribution in [2.45, 2.75) is 43.4 Å². The molecule has 0 bridgehead atoms. The molecule has 2 aromatic carbocycles. The maximum Gasteiger partial charge on any atom is 0.354 e. The number of rotatable bonds is 9. The minimum absolute atomic E-state index is 0.0322. The highest BCUT2D eigenvalue weighted by molar-refractivity contribution is 7.99. The zero-order valence-corrected chi connectivity index (χ0v) is 22.2. The molecule has 5 rings (SSSR count). The lowest BCUT2D eigenvalue weighted by Crippen LogP contribution is -2.34. The number of likely N-dealkylation sites (tertiary alicyclic amines) is 1. The van der Waals surface area contributed by atoms with Crippen molar-refractivity contribution in [2.24, 2.45) is 0 Å². The number of carboxylic acid groups (broad SMARTS) is 1. The number of carbonyl (C=O) groups is 1. The Bertz CT molecular complexity index is 1430. The van der Waals surface area contributed by atoms with Crippen LogP contribution >= 0.6 is 11.8 Å². The van der Waals surface area contributed by atoms with Crippen molar-refractivity contribution in [2.75, 3.05) is 25.4 Å². The molecule has 8 heteroatoms. The van der Waals surface area contributed by atoms with E-state index in [1.807, 2.05) is 22.8 Å². The van der Waals surface area contributed by atoms with Crippen LogP contribution in [0.3, 0.4) is 0 Å². The van der Waals surface area contributed by atoms with Crippen molar-refractivity contribution >= 4 is 28.6 Å². The Labute approximate surface area is 225 Å². The number of aromatic nitrogens is 2. The number of hydrogen-bond acceptors (Lipinski definition) is 4. The molecule has 1 N–H and O–H groups in total. The quantitative estimate of drug-likeness (QED) is 0.186. The van der Waals surface area contributed by atoms with Gasteiger partial charge in [-0.15, -0.1) is 11.8 Å². The molecule has 4 aromatic rings. The van der Waals surface area contributed by atoms with Gasteiger partial charge in [0, 0.05) is 16.0 Å². The lowest BCUT2D eigenvalue weighted by atomic mass is 9.87. The first-order chi connectivity index (χ1) is 18.4. The van der Waals surface area contributed by atoms with E-state index in [9.17, 15) is 18.7 Å². The summed E-state index contributed by atoms with van der Waals surface area (Å²) in [5.74, 6) is 0.213. The topological polar surface area (TPSA) is 58.4 Å². The van der Waals surface area contributed by atoms with Crippen LogP contribution in [0.1, 0.15) is 53.8 Å². The standard InChI is InChI=1S/C30H31F2N3O2S/c1-2-26-29(20-13-16-34(17-14-20)15-4-18-38-23-10-7-21(31)8-11-23)24-12-9-22(32)19-27(24)35(26)28-6-3-5-25(33-28)30(36)37/h3,5-12,19-20H,2,4,13-18H2,1H3,(H,36,37). The molecule has 0 spiro atoms. The molecule has 0 unspecified atom stereocenters. The summed E-state index contributed by atoms with van der Waals surface area (Å²) in [6, 6.07) is 16.5. The van der Waals surface area contributed by atoms with Gasteiger partial charge in [0.25, 0.3) is 0 Å². The highest BCUT2D eigenvalue weighted by atomic mass is 32.2. The van der Waals surface area contributed by atoms with Gasteiger partial charge in [-0.2, -0.15) is 0 Å². The lowest BCUT2D eigenvalue weighted by molar-refractivity contribution is 0.0690. The first kappa shape index (κ1) is 26.4. The Morgan fingerprint density at radius 3 is 2.50 bits per heavy atom. The third-order valence-corrected chi connectivity index (χ3v) is 8.38. The molecule has 1 fully saturated rings. The number of piperidine rings is 1. The van der Waals surface area contributed by atoms with E-state index in [0.717, 1.165) is 72.6 Å². The monoisotopic (exact) mass is 535 g/mol. The second-order valence-electron chi connectivity index (χ2n) is 9.67. The van der Waals surface area contributed by atoms with Crippen LogP contribution in [0.4, 0.5) is 8.78 Å². The summed E-state index contributed by atoms with van der Waals surface area (Å²) in [4.78, 5) is 19.5. The number of nitrogens with zero attached hydrogens (tertiary/aromatic N) is 3. The normalized spacial score (nSPS) is 14.8. The maximum atomic E-state index is 14.4. The molecule has 198 valence electrons. The predicted molar refractivity (Wildman–Crippen MR) is 148 cm³/mol. The second kappa shape index (κ2) is 11.7. The SMILES string of the molecule is CCc1c(C2CCN(CCCSc3ccc(F)cc3)CC2)c2ccc(F)cc2n1-c1cccc(C(=O)O)n1. The summed E-state index contributed by atoms with van der Waals surface area (Å²) in [5, 5.41) is 10.5. The summed E-state index contributed by atoms with van der Waals surface area (Å²) >= 11 is 1.76. The van der Waals surface area contributed by atoms with Gasteiger partial charge in [-0.25, -0.2) is 18.6 Å². The van der Waals surface area contributed by atoms with Crippen LogP contribution in [0.2, 0.25) is 0 Å². The van der Waals surface area contributed by atoms with Crippen molar-refractivity contribution in [1.82, 2.24) is 14.5 Å². The largest absolute Gasteiger partial charge is 0.477 e. The summed E-state index contributed by atoms with van der Waals surface area (Å²) in [5.41, 5.74) is 2.99. The van der Waals surface area contributed by atoms with Crippen molar-refractivity contribution in [1.29, 1.82) is 0 Å². The van der Waals surface area contributed by atoms with Gasteiger partial charge >= 0.3 is 5.97 Å². The van der Waals surface area contributed by atoms with Gasteiger partial charge in [0.15, 0.2) is 5.69 Å². The van der Waals surface area contributed by atoms with Gasteiger partial charge in [0.1, 0.15) is 17.5 Å². The fourth-order valence-corrected chi connectivity index (χ4v) is 6.36. The first-order valence-electron chi connectivity index (χ1n) is 13.1. The Morgan fingerprint density at radius 1 is 1.05 bits per heavy atom. The van der Waals surface area contributed by atoms with E-state index < -0.39 is 5.97 Å². The molecule has 2 aromatic heterocycles.